The molecule has 1 fully saturated rings. The summed E-state index contributed by atoms with van der Waals surface area (Å²) in [4.78, 5) is 0. The molecular formula is C19H23NO4S. The highest BCUT2D eigenvalue weighted by molar-refractivity contribution is 7.88. The van der Waals surface area contributed by atoms with Gasteiger partial charge in [-0.3, -0.25) is 0 Å². The van der Waals surface area contributed by atoms with Crippen LogP contribution in [0.1, 0.15) is 30.0 Å². The molecule has 0 bridgehead atoms. The fourth-order valence-electron chi connectivity index (χ4n) is 3.33. The number of nitrogens with zero attached hydrogens (tertiary/aromatic N) is 1. The van der Waals surface area contributed by atoms with E-state index in [4.69, 9.17) is 9.47 Å². The molecule has 0 radical (unpaired) electrons. The van der Waals surface area contributed by atoms with E-state index in [1.165, 1.54) is 0 Å². The van der Waals surface area contributed by atoms with Crippen molar-refractivity contribution in [1.29, 1.82) is 0 Å². The molecule has 1 aliphatic rings. The van der Waals surface area contributed by atoms with Gasteiger partial charge >= 0.3 is 0 Å². The number of hydrogen-bond acceptors (Lipinski definition) is 4. The first-order valence-corrected chi connectivity index (χ1v) is 9.91. The molecule has 1 saturated heterocycles. The molecule has 0 aromatic heterocycles. The van der Waals surface area contributed by atoms with Gasteiger partial charge < -0.3 is 9.47 Å². The van der Waals surface area contributed by atoms with E-state index in [0.717, 1.165) is 24.0 Å². The molecule has 0 saturated carbocycles. The highest BCUT2D eigenvalue weighted by Gasteiger charge is 2.35. The van der Waals surface area contributed by atoms with Gasteiger partial charge in [-0.15, -0.1) is 0 Å². The van der Waals surface area contributed by atoms with E-state index in [1.54, 1.807) is 18.5 Å². The first-order valence-electron chi connectivity index (χ1n) is 8.30. The third-order valence-electron chi connectivity index (χ3n) is 4.55. The summed E-state index contributed by atoms with van der Waals surface area (Å²) in [5, 5.41) is 0. The van der Waals surface area contributed by atoms with Crippen molar-refractivity contribution in [3.8, 4) is 11.5 Å². The molecule has 1 atom stereocenters. The largest absolute Gasteiger partial charge is 0.493 e. The van der Waals surface area contributed by atoms with Crippen LogP contribution in [0, 0.1) is 0 Å². The predicted molar refractivity (Wildman–Crippen MR) is 97.3 cm³/mol. The van der Waals surface area contributed by atoms with E-state index < -0.39 is 10.0 Å². The molecule has 0 aliphatic carbocycles. The van der Waals surface area contributed by atoms with Crippen LogP contribution in [0.3, 0.4) is 0 Å². The molecule has 2 aromatic carbocycles. The molecular weight excluding hydrogens is 338 g/mol. The zero-order chi connectivity index (χ0) is 17.9. The first-order chi connectivity index (χ1) is 12.0. The van der Waals surface area contributed by atoms with Crippen molar-refractivity contribution in [2.45, 2.75) is 24.6 Å². The van der Waals surface area contributed by atoms with E-state index in [2.05, 4.69) is 0 Å². The monoisotopic (exact) mass is 361 g/mol. The molecule has 0 amide bonds. The van der Waals surface area contributed by atoms with Gasteiger partial charge in [0.05, 0.1) is 20.0 Å². The molecule has 5 nitrogen and oxygen atoms in total. The molecule has 6 heteroatoms. The lowest BCUT2D eigenvalue weighted by atomic mass is 10.0. The maximum atomic E-state index is 12.9. The SMILES string of the molecule is COc1ccc(C2CCCN2S(=O)(=O)Cc2ccccc2)cc1OC. The Balaban J connectivity index is 1.87. The summed E-state index contributed by atoms with van der Waals surface area (Å²) < 4.78 is 38.1. The van der Waals surface area contributed by atoms with Crippen LogP contribution in [0.25, 0.3) is 0 Å². The Bertz CT molecular complexity index is 821. The number of rotatable bonds is 6. The van der Waals surface area contributed by atoms with E-state index in [-0.39, 0.29) is 11.8 Å². The summed E-state index contributed by atoms with van der Waals surface area (Å²) in [5.74, 6) is 1.28. The minimum atomic E-state index is -3.38. The summed E-state index contributed by atoms with van der Waals surface area (Å²) in [6.45, 7) is 0.550. The lowest BCUT2D eigenvalue weighted by Gasteiger charge is -2.25. The van der Waals surface area contributed by atoms with Gasteiger partial charge in [0.1, 0.15) is 0 Å². The van der Waals surface area contributed by atoms with Crippen LogP contribution in [0.2, 0.25) is 0 Å². The van der Waals surface area contributed by atoms with E-state index in [9.17, 15) is 8.42 Å². The number of ether oxygens (including phenoxy) is 2. The van der Waals surface area contributed by atoms with Crippen LogP contribution in [-0.4, -0.2) is 33.5 Å². The van der Waals surface area contributed by atoms with Crippen LogP contribution in [0.15, 0.2) is 48.5 Å². The average molecular weight is 361 g/mol. The fraction of sp³-hybridized carbons (Fsp3) is 0.368. The Morgan fingerprint density at radius 1 is 1.04 bits per heavy atom. The smallest absolute Gasteiger partial charge is 0.218 e. The summed E-state index contributed by atoms with van der Waals surface area (Å²) in [7, 11) is -0.214. The predicted octanol–water partition coefficient (Wildman–Crippen LogP) is 3.37. The summed E-state index contributed by atoms with van der Waals surface area (Å²) in [6, 6.07) is 14.8. The number of hydrogen-bond donors (Lipinski definition) is 0. The maximum absolute atomic E-state index is 12.9. The Labute approximate surface area is 149 Å². The molecule has 1 unspecified atom stereocenters. The van der Waals surface area contributed by atoms with Gasteiger partial charge in [0, 0.05) is 12.6 Å². The van der Waals surface area contributed by atoms with Gasteiger partial charge in [0.15, 0.2) is 11.5 Å². The van der Waals surface area contributed by atoms with Crippen molar-refractivity contribution < 1.29 is 17.9 Å². The Kier molecular flexibility index (Phi) is 5.30. The van der Waals surface area contributed by atoms with Gasteiger partial charge in [-0.2, -0.15) is 4.31 Å². The lowest BCUT2D eigenvalue weighted by molar-refractivity contribution is 0.351. The zero-order valence-corrected chi connectivity index (χ0v) is 15.3. The quantitative estimate of drug-likeness (QED) is 0.792. The van der Waals surface area contributed by atoms with Crippen molar-refractivity contribution in [2.75, 3.05) is 20.8 Å². The molecule has 25 heavy (non-hydrogen) atoms. The molecule has 1 heterocycles. The van der Waals surface area contributed by atoms with Gasteiger partial charge in [-0.1, -0.05) is 36.4 Å². The third kappa shape index (κ3) is 3.80. The van der Waals surface area contributed by atoms with Crippen molar-refractivity contribution in [2.24, 2.45) is 0 Å². The topological polar surface area (TPSA) is 55.8 Å². The fourth-order valence-corrected chi connectivity index (χ4v) is 5.14. The van der Waals surface area contributed by atoms with Crippen LogP contribution in [0.5, 0.6) is 11.5 Å². The maximum Gasteiger partial charge on any atom is 0.218 e. The van der Waals surface area contributed by atoms with Gasteiger partial charge in [0.2, 0.25) is 10.0 Å². The second-order valence-electron chi connectivity index (χ2n) is 6.12. The van der Waals surface area contributed by atoms with Gasteiger partial charge in [-0.25, -0.2) is 8.42 Å². The molecule has 0 N–H and O–H groups in total. The van der Waals surface area contributed by atoms with E-state index in [0.29, 0.717) is 18.0 Å². The minimum Gasteiger partial charge on any atom is -0.493 e. The van der Waals surface area contributed by atoms with Crippen LogP contribution in [0.4, 0.5) is 0 Å². The Morgan fingerprint density at radius 2 is 1.76 bits per heavy atom. The normalized spacial score (nSPS) is 18.2. The highest BCUT2D eigenvalue weighted by atomic mass is 32.2. The summed E-state index contributed by atoms with van der Waals surface area (Å²) in [6.07, 6.45) is 1.66. The van der Waals surface area contributed by atoms with Crippen molar-refractivity contribution in [1.82, 2.24) is 4.31 Å². The van der Waals surface area contributed by atoms with Gasteiger partial charge in [0.25, 0.3) is 0 Å². The summed E-state index contributed by atoms with van der Waals surface area (Å²) in [5.41, 5.74) is 1.74. The van der Waals surface area contributed by atoms with Crippen molar-refractivity contribution in [3.05, 3.63) is 59.7 Å². The van der Waals surface area contributed by atoms with E-state index in [1.807, 2.05) is 48.5 Å². The number of benzene rings is 2. The molecule has 2 aromatic rings. The number of sulfonamides is 1. The van der Waals surface area contributed by atoms with Crippen molar-refractivity contribution in [3.63, 3.8) is 0 Å². The van der Waals surface area contributed by atoms with Crippen LogP contribution >= 0.6 is 0 Å². The molecule has 1 aliphatic heterocycles. The van der Waals surface area contributed by atoms with E-state index >= 15 is 0 Å². The average Bonchev–Trinajstić information content (AvgIpc) is 3.12. The molecule has 3 rings (SSSR count). The van der Waals surface area contributed by atoms with Crippen molar-refractivity contribution >= 4 is 10.0 Å². The Morgan fingerprint density at radius 3 is 2.44 bits per heavy atom. The first kappa shape index (κ1) is 17.8. The lowest BCUT2D eigenvalue weighted by Crippen LogP contribution is -2.31. The van der Waals surface area contributed by atoms with Crippen LogP contribution < -0.4 is 9.47 Å². The third-order valence-corrected chi connectivity index (χ3v) is 6.40. The minimum absolute atomic E-state index is 0.0254. The molecule has 0 spiro atoms. The molecule has 134 valence electrons. The summed E-state index contributed by atoms with van der Waals surface area (Å²) >= 11 is 0. The van der Waals surface area contributed by atoms with Gasteiger partial charge in [-0.05, 0) is 36.1 Å². The second kappa shape index (κ2) is 7.45. The standard InChI is InChI=1S/C19H23NO4S/c1-23-18-11-10-16(13-19(18)24-2)17-9-6-12-20(17)25(21,22)14-15-7-4-3-5-8-15/h3-5,7-8,10-11,13,17H,6,9,12,14H2,1-2H3. The number of methoxy groups -OCH3 is 2. The Hall–Kier alpha value is -2.05. The zero-order valence-electron chi connectivity index (χ0n) is 14.5. The highest BCUT2D eigenvalue weighted by Crippen LogP contribution is 2.38. The van der Waals surface area contributed by atoms with Crippen LogP contribution in [-0.2, 0) is 15.8 Å². The second-order valence-corrected chi connectivity index (χ2v) is 8.05.